The SMILES string of the molecule is CSc1cnc(-c2ccc(NCC(=O)Nc3ccncc3)cc2)nc1N1CCOCC1. The van der Waals surface area contributed by atoms with Gasteiger partial charge in [0.2, 0.25) is 5.91 Å². The molecule has 8 nitrogen and oxygen atoms in total. The van der Waals surface area contributed by atoms with Crippen molar-refractivity contribution in [1.82, 2.24) is 15.0 Å². The van der Waals surface area contributed by atoms with Crippen LogP contribution in [0.4, 0.5) is 17.2 Å². The van der Waals surface area contributed by atoms with Gasteiger partial charge in [0.05, 0.1) is 24.7 Å². The van der Waals surface area contributed by atoms with E-state index in [0.29, 0.717) is 19.0 Å². The van der Waals surface area contributed by atoms with Crippen LogP contribution in [0.2, 0.25) is 0 Å². The molecule has 0 aliphatic carbocycles. The number of nitrogens with zero attached hydrogens (tertiary/aromatic N) is 4. The summed E-state index contributed by atoms with van der Waals surface area (Å²) in [5.74, 6) is 1.51. The third-order valence-electron chi connectivity index (χ3n) is 4.83. The lowest BCUT2D eigenvalue weighted by atomic mass is 10.2. The van der Waals surface area contributed by atoms with Gasteiger partial charge in [-0.25, -0.2) is 9.97 Å². The summed E-state index contributed by atoms with van der Waals surface area (Å²) in [6, 6.07) is 11.3. The van der Waals surface area contributed by atoms with Crippen LogP contribution in [0.3, 0.4) is 0 Å². The average Bonchev–Trinajstić information content (AvgIpc) is 2.84. The number of nitrogens with one attached hydrogen (secondary N) is 2. The largest absolute Gasteiger partial charge is 0.378 e. The Hall–Kier alpha value is -3.17. The number of hydrogen-bond acceptors (Lipinski definition) is 8. The Morgan fingerprint density at radius 2 is 1.84 bits per heavy atom. The second-order valence-electron chi connectivity index (χ2n) is 6.90. The van der Waals surface area contributed by atoms with Crippen molar-refractivity contribution < 1.29 is 9.53 Å². The molecule has 1 aliphatic rings. The van der Waals surface area contributed by atoms with E-state index in [1.165, 1.54) is 0 Å². The number of pyridine rings is 1. The normalized spacial score (nSPS) is 13.6. The molecule has 1 aromatic carbocycles. The topological polar surface area (TPSA) is 92.3 Å². The van der Waals surface area contributed by atoms with Crippen molar-refractivity contribution in [2.45, 2.75) is 4.90 Å². The quantitative estimate of drug-likeness (QED) is 0.546. The number of aromatic nitrogens is 3. The van der Waals surface area contributed by atoms with Crippen LogP contribution >= 0.6 is 11.8 Å². The predicted molar refractivity (Wildman–Crippen MR) is 124 cm³/mol. The van der Waals surface area contributed by atoms with E-state index < -0.39 is 0 Å². The molecular formula is C22H24N6O2S. The molecule has 0 radical (unpaired) electrons. The van der Waals surface area contributed by atoms with Gasteiger partial charge in [-0.2, -0.15) is 0 Å². The van der Waals surface area contributed by atoms with Gasteiger partial charge in [0.1, 0.15) is 5.82 Å². The van der Waals surface area contributed by atoms with Crippen LogP contribution in [0.1, 0.15) is 0 Å². The molecule has 0 spiro atoms. The Labute approximate surface area is 185 Å². The lowest BCUT2D eigenvalue weighted by Gasteiger charge is -2.29. The van der Waals surface area contributed by atoms with E-state index in [4.69, 9.17) is 9.72 Å². The third kappa shape index (κ3) is 5.50. The van der Waals surface area contributed by atoms with E-state index in [2.05, 4.69) is 25.5 Å². The highest BCUT2D eigenvalue weighted by Gasteiger charge is 2.18. The monoisotopic (exact) mass is 436 g/mol. The van der Waals surface area contributed by atoms with E-state index in [0.717, 1.165) is 40.7 Å². The summed E-state index contributed by atoms with van der Waals surface area (Å²) >= 11 is 1.65. The fourth-order valence-electron chi connectivity index (χ4n) is 3.21. The second kappa shape index (κ2) is 10.2. The summed E-state index contributed by atoms with van der Waals surface area (Å²) in [4.78, 5) is 28.7. The van der Waals surface area contributed by atoms with Gasteiger partial charge < -0.3 is 20.3 Å². The molecule has 0 saturated carbocycles. The van der Waals surface area contributed by atoms with Crippen molar-refractivity contribution in [3.63, 3.8) is 0 Å². The second-order valence-corrected chi connectivity index (χ2v) is 7.75. The van der Waals surface area contributed by atoms with Crippen molar-refractivity contribution in [2.75, 3.05) is 54.6 Å². The summed E-state index contributed by atoms with van der Waals surface area (Å²) in [5, 5.41) is 5.95. The van der Waals surface area contributed by atoms with Crippen molar-refractivity contribution >= 4 is 34.9 Å². The third-order valence-corrected chi connectivity index (χ3v) is 5.55. The van der Waals surface area contributed by atoms with Crippen LogP contribution in [-0.4, -0.2) is 60.0 Å². The zero-order valence-corrected chi connectivity index (χ0v) is 18.1. The molecule has 2 aromatic heterocycles. The molecule has 0 atom stereocenters. The van der Waals surface area contributed by atoms with Crippen LogP contribution in [-0.2, 0) is 9.53 Å². The first-order valence-electron chi connectivity index (χ1n) is 10.0. The summed E-state index contributed by atoms with van der Waals surface area (Å²) < 4.78 is 5.47. The minimum absolute atomic E-state index is 0.124. The van der Waals surface area contributed by atoms with Crippen LogP contribution in [0.15, 0.2) is 59.9 Å². The van der Waals surface area contributed by atoms with Gasteiger partial charge in [-0.1, -0.05) is 0 Å². The van der Waals surface area contributed by atoms with E-state index in [1.807, 2.05) is 36.7 Å². The Morgan fingerprint density at radius 3 is 2.55 bits per heavy atom. The van der Waals surface area contributed by atoms with Crippen LogP contribution in [0.5, 0.6) is 0 Å². The molecule has 160 valence electrons. The predicted octanol–water partition coefficient (Wildman–Crippen LogP) is 3.15. The average molecular weight is 437 g/mol. The fraction of sp³-hybridized carbons (Fsp3) is 0.273. The van der Waals surface area contributed by atoms with Gasteiger partial charge >= 0.3 is 0 Å². The molecule has 3 aromatic rings. The Balaban J connectivity index is 1.41. The molecule has 1 fully saturated rings. The molecule has 2 N–H and O–H groups in total. The zero-order valence-electron chi connectivity index (χ0n) is 17.2. The molecule has 3 heterocycles. The Morgan fingerprint density at radius 1 is 1.10 bits per heavy atom. The van der Waals surface area contributed by atoms with Crippen LogP contribution in [0, 0.1) is 0 Å². The molecule has 4 rings (SSSR count). The molecule has 1 amide bonds. The number of rotatable bonds is 7. The molecule has 9 heteroatoms. The summed E-state index contributed by atoms with van der Waals surface area (Å²) in [6.07, 6.45) is 7.20. The van der Waals surface area contributed by atoms with Crippen molar-refractivity contribution in [1.29, 1.82) is 0 Å². The number of morpholine rings is 1. The van der Waals surface area contributed by atoms with Gasteiger partial charge in [0.25, 0.3) is 0 Å². The molecular weight excluding hydrogens is 412 g/mol. The van der Waals surface area contributed by atoms with Gasteiger partial charge in [-0.15, -0.1) is 11.8 Å². The van der Waals surface area contributed by atoms with Crippen molar-refractivity contribution in [2.24, 2.45) is 0 Å². The van der Waals surface area contributed by atoms with Crippen LogP contribution in [0.25, 0.3) is 11.4 Å². The maximum atomic E-state index is 12.1. The number of hydrogen-bond donors (Lipinski definition) is 2. The minimum Gasteiger partial charge on any atom is -0.378 e. The maximum Gasteiger partial charge on any atom is 0.243 e. The van der Waals surface area contributed by atoms with Gasteiger partial charge in [0, 0.05) is 48.6 Å². The number of anilines is 3. The van der Waals surface area contributed by atoms with E-state index >= 15 is 0 Å². The summed E-state index contributed by atoms with van der Waals surface area (Å²) in [7, 11) is 0. The number of carbonyl (C=O) groups is 1. The van der Waals surface area contributed by atoms with Gasteiger partial charge in [-0.05, 0) is 42.7 Å². The highest BCUT2D eigenvalue weighted by atomic mass is 32.2. The Kier molecular flexibility index (Phi) is 6.96. The van der Waals surface area contributed by atoms with E-state index in [-0.39, 0.29) is 12.5 Å². The fourth-order valence-corrected chi connectivity index (χ4v) is 3.72. The number of amides is 1. The van der Waals surface area contributed by atoms with Crippen molar-refractivity contribution in [3.05, 3.63) is 55.0 Å². The van der Waals surface area contributed by atoms with E-state index in [9.17, 15) is 4.79 Å². The highest BCUT2D eigenvalue weighted by molar-refractivity contribution is 7.98. The number of benzene rings is 1. The number of thioether (sulfide) groups is 1. The summed E-state index contributed by atoms with van der Waals surface area (Å²) in [6.45, 7) is 3.25. The van der Waals surface area contributed by atoms with E-state index in [1.54, 1.807) is 36.3 Å². The summed E-state index contributed by atoms with van der Waals surface area (Å²) in [5.41, 5.74) is 2.50. The first-order valence-corrected chi connectivity index (χ1v) is 11.2. The lowest BCUT2D eigenvalue weighted by Crippen LogP contribution is -2.37. The van der Waals surface area contributed by atoms with Crippen molar-refractivity contribution in [3.8, 4) is 11.4 Å². The zero-order chi connectivity index (χ0) is 21.5. The first kappa shape index (κ1) is 21.1. The standard InChI is InChI=1S/C22H24N6O2S/c1-31-19-14-25-21(27-22(19)28-10-12-30-13-11-28)16-2-4-17(5-3-16)24-15-20(29)26-18-6-8-23-9-7-18/h2-9,14,24H,10-13,15H2,1H3,(H,23,26,29). The number of ether oxygens (including phenoxy) is 1. The Bertz CT molecular complexity index is 1010. The first-order chi connectivity index (χ1) is 15.2. The minimum atomic E-state index is -0.124. The molecule has 0 unspecified atom stereocenters. The highest BCUT2D eigenvalue weighted by Crippen LogP contribution is 2.29. The molecule has 1 aliphatic heterocycles. The van der Waals surface area contributed by atoms with Crippen LogP contribution < -0.4 is 15.5 Å². The molecule has 0 bridgehead atoms. The smallest absolute Gasteiger partial charge is 0.243 e. The molecule has 1 saturated heterocycles. The van der Waals surface area contributed by atoms with Gasteiger partial charge in [-0.3, -0.25) is 9.78 Å². The number of carbonyl (C=O) groups excluding carboxylic acids is 1. The lowest BCUT2D eigenvalue weighted by molar-refractivity contribution is -0.114. The molecule has 31 heavy (non-hydrogen) atoms. The maximum absolute atomic E-state index is 12.1. The van der Waals surface area contributed by atoms with Gasteiger partial charge in [0.15, 0.2) is 5.82 Å².